The van der Waals surface area contributed by atoms with E-state index in [9.17, 15) is 4.79 Å². The standard InChI is InChI=1S/C8H18N2O2/c1-2-3-4-6-10-8(11)12-7-5-9/h2-7,9H2,1H3,(H,10,11). The Balaban J connectivity index is 3.08. The van der Waals surface area contributed by atoms with Crippen LogP contribution in [-0.2, 0) is 4.74 Å². The molecule has 0 spiro atoms. The molecule has 0 heterocycles. The van der Waals surface area contributed by atoms with Crippen molar-refractivity contribution in [2.75, 3.05) is 19.7 Å². The van der Waals surface area contributed by atoms with Gasteiger partial charge >= 0.3 is 6.09 Å². The van der Waals surface area contributed by atoms with Gasteiger partial charge in [0.05, 0.1) is 0 Å². The molecule has 0 aromatic carbocycles. The van der Waals surface area contributed by atoms with E-state index < -0.39 is 0 Å². The van der Waals surface area contributed by atoms with Crippen molar-refractivity contribution < 1.29 is 9.53 Å². The molecule has 0 rings (SSSR count). The molecule has 4 nitrogen and oxygen atoms in total. The van der Waals surface area contributed by atoms with Crippen molar-refractivity contribution in [3.8, 4) is 0 Å². The molecule has 12 heavy (non-hydrogen) atoms. The SMILES string of the molecule is CCCCCNC(=O)OCCN. The summed E-state index contributed by atoms with van der Waals surface area (Å²) in [5.41, 5.74) is 5.15. The van der Waals surface area contributed by atoms with Crippen molar-refractivity contribution in [3.63, 3.8) is 0 Å². The topological polar surface area (TPSA) is 64.3 Å². The smallest absolute Gasteiger partial charge is 0.407 e. The summed E-state index contributed by atoms with van der Waals surface area (Å²) in [5, 5.41) is 2.64. The molecule has 0 aliphatic carbocycles. The first-order valence-corrected chi connectivity index (χ1v) is 4.42. The fraction of sp³-hybridized carbons (Fsp3) is 0.875. The highest BCUT2D eigenvalue weighted by Gasteiger charge is 1.97. The van der Waals surface area contributed by atoms with Gasteiger partial charge in [0, 0.05) is 13.1 Å². The van der Waals surface area contributed by atoms with Crippen LogP contribution in [0.4, 0.5) is 4.79 Å². The first-order valence-electron chi connectivity index (χ1n) is 4.42. The van der Waals surface area contributed by atoms with Crippen LogP contribution in [0.1, 0.15) is 26.2 Å². The zero-order valence-corrected chi connectivity index (χ0v) is 7.64. The molecular formula is C8H18N2O2. The van der Waals surface area contributed by atoms with Gasteiger partial charge in [-0.05, 0) is 6.42 Å². The van der Waals surface area contributed by atoms with Crippen molar-refractivity contribution in [3.05, 3.63) is 0 Å². The number of ether oxygens (including phenoxy) is 1. The van der Waals surface area contributed by atoms with Crippen LogP contribution < -0.4 is 11.1 Å². The number of amides is 1. The van der Waals surface area contributed by atoms with Gasteiger partial charge in [0.25, 0.3) is 0 Å². The number of hydrogen-bond donors (Lipinski definition) is 2. The maximum Gasteiger partial charge on any atom is 0.407 e. The Bertz CT molecular complexity index is 118. The first-order chi connectivity index (χ1) is 5.81. The minimum Gasteiger partial charge on any atom is -0.448 e. The van der Waals surface area contributed by atoms with E-state index in [1.165, 1.54) is 0 Å². The lowest BCUT2D eigenvalue weighted by Crippen LogP contribution is -2.27. The molecule has 1 amide bonds. The number of carbonyl (C=O) groups is 1. The van der Waals surface area contributed by atoms with Gasteiger partial charge in [-0.15, -0.1) is 0 Å². The van der Waals surface area contributed by atoms with E-state index in [0.29, 0.717) is 19.7 Å². The molecule has 4 heteroatoms. The molecule has 0 saturated carbocycles. The average Bonchev–Trinajstić information content (AvgIpc) is 2.09. The van der Waals surface area contributed by atoms with E-state index in [1.54, 1.807) is 0 Å². The predicted molar refractivity (Wildman–Crippen MR) is 47.9 cm³/mol. The van der Waals surface area contributed by atoms with E-state index in [2.05, 4.69) is 12.2 Å². The van der Waals surface area contributed by atoms with Gasteiger partial charge in [-0.25, -0.2) is 4.79 Å². The van der Waals surface area contributed by atoms with Crippen molar-refractivity contribution in [1.29, 1.82) is 0 Å². The Labute approximate surface area is 73.5 Å². The predicted octanol–water partition coefficient (Wildman–Crippen LogP) is 0.862. The summed E-state index contributed by atoms with van der Waals surface area (Å²) in [6.45, 7) is 3.48. The summed E-state index contributed by atoms with van der Waals surface area (Å²) >= 11 is 0. The second-order valence-electron chi connectivity index (χ2n) is 2.56. The summed E-state index contributed by atoms with van der Waals surface area (Å²) < 4.78 is 4.70. The number of nitrogens with one attached hydrogen (secondary N) is 1. The summed E-state index contributed by atoms with van der Waals surface area (Å²) in [4.78, 5) is 10.8. The van der Waals surface area contributed by atoms with E-state index in [4.69, 9.17) is 10.5 Å². The third-order valence-electron chi connectivity index (χ3n) is 1.40. The molecule has 0 fully saturated rings. The summed E-state index contributed by atoms with van der Waals surface area (Å²) in [7, 11) is 0. The first kappa shape index (κ1) is 11.2. The Kier molecular flexibility index (Phi) is 7.79. The number of carbonyl (C=O) groups excluding carboxylic acids is 1. The number of alkyl carbamates (subject to hydrolysis) is 1. The minimum absolute atomic E-state index is 0.291. The van der Waals surface area contributed by atoms with Crippen molar-refractivity contribution in [1.82, 2.24) is 5.32 Å². The number of hydrogen-bond acceptors (Lipinski definition) is 3. The van der Waals surface area contributed by atoms with Crippen LogP contribution in [-0.4, -0.2) is 25.8 Å². The Morgan fingerprint density at radius 1 is 1.50 bits per heavy atom. The molecule has 0 bridgehead atoms. The lowest BCUT2D eigenvalue weighted by Gasteiger charge is -2.04. The van der Waals surface area contributed by atoms with Crippen LogP contribution in [0.5, 0.6) is 0 Å². The highest BCUT2D eigenvalue weighted by atomic mass is 16.5. The minimum atomic E-state index is -0.364. The van der Waals surface area contributed by atoms with Crippen LogP contribution in [0.2, 0.25) is 0 Å². The van der Waals surface area contributed by atoms with Crippen molar-refractivity contribution >= 4 is 6.09 Å². The molecule has 0 aliphatic rings. The summed E-state index contributed by atoms with van der Waals surface area (Å²) in [5.74, 6) is 0. The molecule has 0 aliphatic heterocycles. The molecule has 0 saturated heterocycles. The summed E-state index contributed by atoms with van der Waals surface area (Å²) in [6, 6.07) is 0. The van der Waals surface area contributed by atoms with Crippen molar-refractivity contribution in [2.24, 2.45) is 5.73 Å². The van der Waals surface area contributed by atoms with Gasteiger partial charge in [-0.1, -0.05) is 19.8 Å². The highest BCUT2D eigenvalue weighted by Crippen LogP contribution is 1.91. The van der Waals surface area contributed by atoms with Gasteiger partial charge in [0.15, 0.2) is 0 Å². The van der Waals surface area contributed by atoms with E-state index in [-0.39, 0.29) is 6.09 Å². The lowest BCUT2D eigenvalue weighted by molar-refractivity contribution is 0.149. The molecule has 0 aromatic heterocycles. The van der Waals surface area contributed by atoms with Crippen LogP contribution >= 0.6 is 0 Å². The quantitative estimate of drug-likeness (QED) is 0.587. The third-order valence-corrected chi connectivity index (χ3v) is 1.40. The van der Waals surface area contributed by atoms with Gasteiger partial charge < -0.3 is 15.8 Å². The molecule has 0 radical (unpaired) electrons. The molecule has 72 valence electrons. The van der Waals surface area contributed by atoms with E-state index >= 15 is 0 Å². The van der Waals surface area contributed by atoms with E-state index in [1.807, 2.05) is 0 Å². The van der Waals surface area contributed by atoms with E-state index in [0.717, 1.165) is 19.3 Å². The van der Waals surface area contributed by atoms with Gasteiger partial charge in [0.1, 0.15) is 6.61 Å². The molecule has 3 N–H and O–H groups in total. The maximum atomic E-state index is 10.8. The largest absolute Gasteiger partial charge is 0.448 e. The van der Waals surface area contributed by atoms with Crippen molar-refractivity contribution in [2.45, 2.75) is 26.2 Å². The third kappa shape index (κ3) is 7.34. The zero-order valence-electron chi connectivity index (χ0n) is 7.64. The lowest BCUT2D eigenvalue weighted by atomic mass is 10.2. The van der Waals surface area contributed by atoms with Gasteiger partial charge in [0.2, 0.25) is 0 Å². The fourth-order valence-electron chi connectivity index (χ4n) is 0.768. The Hall–Kier alpha value is -0.770. The monoisotopic (exact) mass is 174 g/mol. The molecule has 0 aromatic rings. The van der Waals surface area contributed by atoms with Crippen LogP contribution in [0.15, 0.2) is 0 Å². The second-order valence-corrected chi connectivity index (χ2v) is 2.56. The van der Waals surface area contributed by atoms with Crippen LogP contribution in [0, 0.1) is 0 Å². The Morgan fingerprint density at radius 2 is 2.25 bits per heavy atom. The fourth-order valence-corrected chi connectivity index (χ4v) is 0.768. The number of nitrogens with two attached hydrogens (primary N) is 1. The van der Waals surface area contributed by atoms with Crippen LogP contribution in [0.25, 0.3) is 0 Å². The summed E-state index contributed by atoms with van der Waals surface area (Å²) in [6.07, 6.45) is 2.93. The normalized spacial score (nSPS) is 9.50. The van der Waals surface area contributed by atoms with Gasteiger partial charge in [-0.2, -0.15) is 0 Å². The number of rotatable bonds is 6. The highest BCUT2D eigenvalue weighted by molar-refractivity contribution is 5.66. The Morgan fingerprint density at radius 3 is 2.83 bits per heavy atom. The molecule has 0 atom stereocenters. The molecule has 0 unspecified atom stereocenters. The van der Waals surface area contributed by atoms with Crippen LogP contribution in [0.3, 0.4) is 0 Å². The zero-order chi connectivity index (χ0) is 9.23. The average molecular weight is 174 g/mol. The van der Waals surface area contributed by atoms with Gasteiger partial charge in [-0.3, -0.25) is 0 Å². The molecular weight excluding hydrogens is 156 g/mol. The number of unbranched alkanes of at least 4 members (excludes halogenated alkanes) is 2. The second kappa shape index (κ2) is 8.33. The maximum absolute atomic E-state index is 10.8.